The minimum absolute atomic E-state index is 0.0765. The van der Waals surface area contributed by atoms with Gasteiger partial charge in [0, 0.05) is 37.9 Å². The molecular formula is C37H47N7O5S. The third kappa shape index (κ3) is 8.75. The van der Waals surface area contributed by atoms with Crippen LogP contribution >= 0.6 is 0 Å². The fourth-order valence-electron chi connectivity index (χ4n) is 6.09. The Hall–Kier alpha value is -4.62. The largest absolute Gasteiger partial charge is 0.475 e. The van der Waals surface area contributed by atoms with E-state index in [0.717, 1.165) is 16.7 Å². The second kappa shape index (κ2) is 14.3. The van der Waals surface area contributed by atoms with Crippen LogP contribution in [0.2, 0.25) is 0 Å². The average molecular weight is 702 g/mol. The first kappa shape index (κ1) is 36.7. The highest BCUT2D eigenvalue weighted by Gasteiger charge is 2.32. The zero-order valence-corrected chi connectivity index (χ0v) is 31.1. The number of nitrogens with zero attached hydrogens (tertiary/aromatic N) is 6. The van der Waals surface area contributed by atoms with Gasteiger partial charge < -0.3 is 19.3 Å². The SMILES string of the molecule is COC(C)(C)CN(C)c1cncc(CN2C(=O)c3cccc(c3)S(=O)(=O)Nc3nc(cc(-c4c(C)cccc4C)n3)OC[C@H]2CC(C)(C)C)n1. The van der Waals surface area contributed by atoms with E-state index in [9.17, 15) is 13.2 Å². The lowest BCUT2D eigenvalue weighted by Gasteiger charge is -2.35. The molecular weight excluding hydrogens is 655 g/mol. The van der Waals surface area contributed by atoms with Crippen molar-refractivity contribution in [2.24, 2.45) is 5.41 Å². The number of carbonyl (C=O) groups is 1. The normalized spacial score (nSPS) is 16.4. The number of ether oxygens (including phenoxy) is 2. The number of likely N-dealkylation sites (N-methyl/N-ethyl adjacent to an activating group) is 1. The number of methoxy groups -OCH3 is 1. The summed E-state index contributed by atoms with van der Waals surface area (Å²) in [6.07, 6.45) is 3.88. The van der Waals surface area contributed by atoms with Gasteiger partial charge in [0.05, 0.1) is 46.9 Å². The Balaban J connectivity index is 1.63. The van der Waals surface area contributed by atoms with E-state index < -0.39 is 21.7 Å². The molecule has 0 radical (unpaired) electrons. The number of aromatic nitrogens is 4. The standard InChI is InChI=1S/C37H47N7O5S/c1-24-12-10-13-25(2)33(24)30-17-32-41-35(40-30)42-50(46,47)29-15-11-14-26(16-29)34(45)44(28(22-49-32)18-36(3,4)5)21-27-19-38-20-31(39-27)43(8)23-37(6,7)48-9/h10-17,19-20,28H,18,21-23H2,1-9H3,(H,40,41,42)/t28-/m1/s1. The van der Waals surface area contributed by atoms with Gasteiger partial charge in [0.15, 0.2) is 0 Å². The third-order valence-corrected chi connectivity index (χ3v) is 9.92. The van der Waals surface area contributed by atoms with Gasteiger partial charge in [-0.1, -0.05) is 45.0 Å². The molecule has 50 heavy (non-hydrogen) atoms. The van der Waals surface area contributed by atoms with Crippen molar-refractivity contribution in [2.45, 2.75) is 78.0 Å². The number of amides is 1. The van der Waals surface area contributed by atoms with Crippen molar-refractivity contribution >= 4 is 27.7 Å². The maximum atomic E-state index is 14.5. The predicted molar refractivity (Wildman–Crippen MR) is 194 cm³/mol. The Bertz CT molecular complexity index is 1960. The fourth-order valence-corrected chi connectivity index (χ4v) is 7.08. The quantitative estimate of drug-likeness (QED) is 0.231. The van der Waals surface area contributed by atoms with E-state index in [1.807, 2.05) is 57.8 Å². The zero-order valence-electron chi connectivity index (χ0n) is 30.3. The second-order valence-electron chi connectivity index (χ2n) is 14.7. The number of anilines is 2. The number of sulfonamides is 1. The van der Waals surface area contributed by atoms with Gasteiger partial charge in [-0.15, -0.1) is 0 Å². The Morgan fingerprint density at radius 2 is 1.70 bits per heavy atom. The number of fused-ring (bicyclic) bond motifs is 4. The summed E-state index contributed by atoms with van der Waals surface area (Å²) in [5, 5.41) is 0. The van der Waals surface area contributed by atoms with Gasteiger partial charge in [0.25, 0.3) is 15.9 Å². The van der Waals surface area contributed by atoms with E-state index in [4.69, 9.17) is 14.5 Å². The molecule has 0 aliphatic carbocycles. The van der Waals surface area contributed by atoms with E-state index in [-0.39, 0.29) is 46.8 Å². The van der Waals surface area contributed by atoms with Crippen LogP contribution < -0.4 is 14.4 Å². The molecule has 13 heteroatoms. The molecule has 1 amide bonds. The molecule has 0 unspecified atom stereocenters. The summed E-state index contributed by atoms with van der Waals surface area (Å²) in [6.45, 7) is 15.0. The fraction of sp³-hybridized carbons (Fsp3) is 0.432. The number of nitrogens with one attached hydrogen (secondary N) is 1. The first-order chi connectivity index (χ1) is 23.4. The van der Waals surface area contributed by atoms with Gasteiger partial charge in [0.1, 0.15) is 12.4 Å². The molecule has 1 aliphatic rings. The Morgan fingerprint density at radius 1 is 1.00 bits per heavy atom. The van der Waals surface area contributed by atoms with Crippen LogP contribution in [0.5, 0.6) is 5.88 Å². The molecule has 12 nitrogen and oxygen atoms in total. The highest BCUT2D eigenvalue weighted by Crippen LogP contribution is 2.32. The summed E-state index contributed by atoms with van der Waals surface area (Å²) in [5.74, 6) is 0.306. The van der Waals surface area contributed by atoms with Crippen LogP contribution in [0.4, 0.5) is 11.8 Å². The van der Waals surface area contributed by atoms with Crippen molar-refractivity contribution in [1.29, 1.82) is 0 Å². The Kier molecular flexibility index (Phi) is 10.5. The first-order valence-electron chi connectivity index (χ1n) is 16.5. The molecule has 3 heterocycles. The van der Waals surface area contributed by atoms with Crippen LogP contribution in [0.25, 0.3) is 11.3 Å². The van der Waals surface area contributed by atoms with Crippen molar-refractivity contribution in [3.8, 4) is 17.1 Å². The summed E-state index contributed by atoms with van der Waals surface area (Å²) in [4.78, 5) is 36.5. The van der Waals surface area contributed by atoms with Crippen molar-refractivity contribution in [3.63, 3.8) is 0 Å². The molecule has 0 saturated heterocycles. The number of aryl methyl sites for hydroxylation is 2. The highest BCUT2D eigenvalue weighted by molar-refractivity contribution is 7.92. The van der Waals surface area contributed by atoms with Crippen molar-refractivity contribution in [1.82, 2.24) is 24.8 Å². The van der Waals surface area contributed by atoms with E-state index in [1.54, 1.807) is 42.6 Å². The molecule has 4 bridgehead atoms. The summed E-state index contributed by atoms with van der Waals surface area (Å²) in [7, 11) is -0.610. The Labute approximate surface area is 295 Å². The lowest BCUT2D eigenvalue weighted by atomic mass is 9.87. The highest BCUT2D eigenvalue weighted by atomic mass is 32.2. The monoisotopic (exact) mass is 701 g/mol. The van der Waals surface area contributed by atoms with Crippen LogP contribution in [0.3, 0.4) is 0 Å². The van der Waals surface area contributed by atoms with Crippen molar-refractivity contribution in [3.05, 3.63) is 83.3 Å². The number of carbonyl (C=O) groups excluding carboxylic acids is 1. The second-order valence-corrected chi connectivity index (χ2v) is 16.3. The number of rotatable bonds is 8. The molecule has 1 atom stereocenters. The lowest BCUT2D eigenvalue weighted by molar-refractivity contribution is 0.0297. The predicted octanol–water partition coefficient (Wildman–Crippen LogP) is 6.05. The van der Waals surface area contributed by atoms with Gasteiger partial charge in [-0.2, -0.15) is 4.98 Å². The van der Waals surface area contributed by atoms with E-state index in [1.165, 1.54) is 12.1 Å². The molecule has 2 aromatic carbocycles. The molecule has 0 fully saturated rings. The molecule has 0 saturated carbocycles. The van der Waals surface area contributed by atoms with Crippen molar-refractivity contribution in [2.75, 3.05) is 36.9 Å². The van der Waals surface area contributed by atoms with Crippen LogP contribution in [-0.4, -0.2) is 78.1 Å². The summed E-state index contributed by atoms with van der Waals surface area (Å²) < 4.78 is 42.0. The van der Waals surface area contributed by atoms with Gasteiger partial charge in [-0.3, -0.25) is 9.78 Å². The minimum atomic E-state index is -4.19. The minimum Gasteiger partial charge on any atom is -0.475 e. The topological polar surface area (TPSA) is 140 Å². The van der Waals surface area contributed by atoms with Gasteiger partial charge in [0.2, 0.25) is 11.8 Å². The van der Waals surface area contributed by atoms with Gasteiger partial charge in [-0.25, -0.2) is 23.1 Å². The van der Waals surface area contributed by atoms with Crippen LogP contribution in [0.15, 0.2) is 65.8 Å². The van der Waals surface area contributed by atoms with Crippen molar-refractivity contribution < 1.29 is 22.7 Å². The van der Waals surface area contributed by atoms with Crippen LogP contribution in [-0.2, 0) is 21.3 Å². The van der Waals surface area contributed by atoms with Crippen LogP contribution in [0.1, 0.15) is 68.2 Å². The molecule has 0 spiro atoms. The summed E-state index contributed by atoms with van der Waals surface area (Å²) in [5.41, 5.74) is 3.43. The van der Waals surface area contributed by atoms with E-state index in [2.05, 4.69) is 40.4 Å². The maximum absolute atomic E-state index is 14.5. The number of hydrogen-bond acceptors (Lipinski definition) is 10. The average Bonchev–Trinajstić information content (AvgIpc) is 3.04. The van der Waals surface area contributed by atoms with E-state index >= 15 is 0 Å². The molecule has 1 aliphatic heterocycles. The zero-order chi connectivity index (χ0) is 36.4. The molecule has 2 aromatic heterocycles. The van der Waals surface area contributed by atoms with Gasteiger partial charge >= 0.3 is 0 Å². The molecule has 5 rings (SSSR count). The maximum Gasteiger partial charge on any atom is 0.264 e. The summed E-state index contributed by atoms with van der Waals surface area (Å²) in [6, 6.07) is 13.1. The lowest BCUT2D eigenvalue weighted by Crippen LogP contribution is -2.45. The number of benzene rings is 2. The molecule has 266 valence electrons. The van der Waals surface area contributed by atoms with Gasteiger partial charge in [-0.05, 0) is 68.9 Å². The smallest absolute Gasteiger partial charge is 0.264 e. The first-order valence-corrected chi connectivity index (χ1v) is 18.0. The van der Waals surface area contributed by atoms with Crippen LogP contribution in [0, 0.1) is 19.3 Å². The molecule has 4 aromatic rings. The third-order valence-electron chi connectivity index (χ3n) is 8.60. The van der Waals surface area contributed by atoms with E-state index in [0.29, 0.717) is 30.2 Å². The number of hydrogen-bond donors (Lipinski definition) is 1. The summed E-state index contributed by atoms with van der Waals surface area (Å²) >= 11 is 0. The molecule has 1 N–H and O–H groups in total. The Morgan fingerprint density at radius 3 is 2.38 bits per heavy atom.